The Hall–Kier alpha value is -1.26. The van der Waals surface area contributed by atoms with Gasteiger partial charge in [-0.2, -0.15) is 0 Å². The molecule has 4 nitrogen and oxygen atoms in total. The Kier molecular flexibility index (Phi) is 4.44. The fraction of sp³-hybridized carbons (Fsp3) is 0.462. The largest absolute Gasteiger partial charge is 0.393 e. The third kappa shape index (κ3) is 3.62. The normalized spacial score (nSPS) is 16.7. The molecule has 0 aliphatic carbocycles. The lowest BCUT2D eigenvalue weighted by atomic mass is 10.1. The number of amides is 2. The van der Waals surface area contributed by atoms with Crippen molar-refractivity contribution in [2.45, 2.75) is 25.5 Å². The van der Waals surface area contributed by atoms with E-state index < -0.39 is 0 Å². The summed E-state index contributed by atoms with van der Waals surface area (Å²) in [7, 11) is 0. The SMILES string of the molecule is O=C(NCc1ccc(Cl)cc1)N1CCC(O)CC1. The van der Waals surface area contributed by atoms with Crippen LogP contribution >= 0.6 is 11.6 Å². The third-order valence-corrected chi connectivity index (χ3v) is 3.36. The van der Waals surface area contributed by atoms with Gasteiger partial charge in [0.1, 0.15) is 0 Å². The van der Waals surface area contributed by atoms with Gasteiger partial charge in [0.15, 0.2) is 0 Å². The first-order valence-corrected chi connectivity index (χ1v) is 6.48. The van der Waals surface area contributed by atoms with Crippen molar-refractivity contribution in [3.8, 4) is 0 Å². The van der Waals surface area contributed by atoms with Crippen LogP contribution < -0.4 is 5.32 Å². The van der Waals surface area contributed by atoms with Crippen molar-refractivity contribution in [2.75, 3.05) is 13.1 Å². The number of benzene rings is 1. The maximum atomic E-state index is 11.9. The molecule has 0 unspecified atom stereocenters. The van der Waals surface area contributed by atoms with Crippen LogP contribution in [0.4, 0.5) is 4.79 Å². The second-order valence-corrected chi connectivity index (χ2v) is 4.94. The maximum absolute atomic E-state index is 11.9. The van der Waals surface area contributed by atoms with Crippen LogP contribution in [0, 0.1) is 0 Å². The zero-order chi connectivity index (χ0) is 13.0. The molecule has 5 heteroatoms. The van der Waals surface area contributed by atoms with E-state index in [4.69, 9.17) is 11.6 Å². The maximum Gasteiger partial charge on any atom is 0.317 e. The van der Waals surface area contributed by atoms with E-state index in [9.17, 15) is 9.90 Å². The molecule has 1 aromatic carbocycles. The summed E-state index contributed by atoms with van der Waals surface area (Å²) >= 11 is 5.79. The summed E-state index contributed by atoms with van der Waals surface area (Å²) < 4.78 is 0. The highest BCUT2D eigenvalue weighted by Crippen LogP contribution is 2.11. The number of aliphatic hydroxyl groups excluding tert-OH is 1. The Labute approximate surface area is 112 Å². The highest BCUT2D eigenvalue weighted by molar-refractivity contribution is 6.30. The van der Waals surface area contributed by atoms with Gasteiger partial charge in [0, 0.05) is 24.7 Å². The van der Waals surface area contributed by atoms with Crippen LogP contribution in [0.25, 0.3) is 0 Å². The molecule has 18 heavy (non-hydrogen) atoms. The zero-order valence-electron chi connectivity index (χ0n) is 10.1. The topological polar surface area (TPSA) is 52.6 Å². The van der Waals surface area contributed by atoms with Crippen LogP contribution in [0.3, 0.4) is 0 Å². The van der Waals surface area contributed by atoms with Crippen LogP contribution in [0.5, 0.6) is 0 Å². The molecule has 1 heterocycles. The van der Waals surface area contributed by atoms with Gasteiger partial charge in [-0.25, -0.2) is 4.79 Å². The molecule has 2 amide bonds. The molecule has 0 atom stereocenters. The number of hydrogen-bond acceptors (Lipinski definition) is 2. The van der Waals surface area contributed by atoms with Crippen LogP contribution in [0.2, 0.25) is 5.02 Å². The predicted octanol–water partition coefficient (Wildman–Crippen LogP) is 2.01. The highest BCUT2D eigenvalue weighted by atomic mass is 35.5. The summed E-state index contributed by atoms with van der Waals surface area (Å²) in [6, 6.07) is 7.32. The first-order valence-electron chi connectivity index (χ1n) is 6.10. The van der Waals surface area contributed by atoms with Crippen molar-refractivity contribution in [3.63, 3.8) is 0 Å². The first-order chi connectivity index (χ1) is 8.65. The molecule has 0 radical (unpaired) electrons. The van der Waals surface area contributed by atoms with Crippen LogP contribution in [0.1, 0.15) is 18.4 Å². The summed E-state index contributed by atoms with van der Waals surface area (Å²) in [6.45, 7) is 1.73. The minimum Gasteiger partial charge on any atom is -0.393 e. The van der Waals surface area contributed by atoms with Crippen molar-refractivity contribution in [1.82, 2.24) is 10.2 Å². The molecule has 1 fully saturated rings. The highest BCUT2D eigenvalue weighted by Gasteiger charge is 2.20. The standard InChI is InChI=1S/C13H17ClN2O2/c14-11-3-1-10(2-4-11)9-15-13(18)16-7-5-12(17)6-8-16/h1-4,12,17H,5-9H2,(H,15,18). The van der Waals surface area contributed by atoms with Crippen LogP contribution in [-0.2, 0) is 6.54 Å². The monoisotopic (exact) mass is 268 g/mol. The molecular weight excluding hydrogens is 252 g/mol. The van der Waals surface area contributed by atoms with Gasteiger partial charge >= 0.3 is 6.03 Å². The number of carbonyl (C=O) groups is 1. The molecule has 1 aliphatic rings. The molecule has 0 saturated carbocycles. The minimum atomic E-state index is -0.259. The Morgan fingerprint density at radius 2 is 1.94 bits per heavy atom. The van der Waals surface area contributed by atoms with Crippen molar-refractivity contribution in [1.29, 1.82) is 0 Å². The summed E-state index contributed by atoms with van der Waals surface area (Å²) in [4.78, 5) is 13.6. The second-order valence-electron chi connectivity index (χ2n) is 4.50. The fourth-order valence-corrected chi connectivity index (χ4v) is 2.09. The lowest BCUT2D eigenvalue weighted by molar-refractivity contribution is 0.0936. The number of hydrogen-bond donors (Lipinski definition) is 2. The van der Waals surface area contributed by atoms with E-state index >= 15 is 0 Å². The number of nitrogens with zero attached hydrogens (tertiary/aromatic N) is 1. The van der Waals surface area contributed by atoms with E-state index in [0.29, 0.717) is 37.5 Å². The molecule has 1 aromatic rings. The molecule has 2 N–H and O–H groups in total. The minimum absolute atomic E-state index is 0.0724. The van der Waals surface area contributed by atoms with Crippen molar-refractivity contribution < 1.29 is 9.90 Å². The molecule has 98 valence electrons. The Morgan fingerprint density at radius 1 is 1.33 bits per heavy atom. The number of likely N-dealkylation sites (tertiary alicyclic amines) is 1. The number of carbonyl (C=O) groups excluding carboxylic acids is 1. The van der Waals surface area contributed by atoms with E-state index in [1.54, 1.807) is 17.0 Å². The summed E-state index contributed by atoms with van der Waals surface area (Å²) in [6.07, 6.45) is 1.06. The first kappa shape index (κ1) is 13.2. The number of aliphatic hydroxyl groups is 1. The van der Waals surface area contributed by atoms with Gasteiger partial charge in [-0.15, -0.1) is 0 Å². The van der Waals surface area contributed by atoms with Gasteiger partial charge in [-0.3, -0.25) is 0 Å². The van der Waals surface area contributed by atoms with Crippen molar-refractivity contribution >= 4 is 17.6 Å². The zero-order valence-corrected chi connectivity index (χ0v) is 10.9. The number of piperidine rings is 1. The van der Waals surface area contributed by atoms with Gasteiger partial charge in [-0.1, -0.05) is 23.7 Å². The average molecular weight is 269 g/mol. The number of rotatable bonds is 2. The van der Waals surface area contributed by atoms with Gasteiger partial charge in [0.05, 0.1) is 6.10 Å². The predicted molar refractivity (Wildman–Crippen MR) is 70.5 cm³/mol. The van der Waals surface area contributed by atoms with E-state index in [1.165, 1.54) is 0 Å². The molecular formula is C13H17ClN2O2. The van der Waals surface area contributed by atoms with Gasteiger partial charge in [0.25, 0.3) is 0 Å². The molecule has 2 rings (SSSR count). The van der Waals surface area contributed by atoms with Gasteiger partial charge in [0.2, 0.25) is 0 Å². The molecule has 0 bridgehead atoms. The second kappa shape index (κ2) is 6.07. The smallest absolute Gasteiger partial charge is 0.317 e. The fourth-order valence-electron chi connectivity index (χ4n) is 1.96. The molecule has 1 saturated heterocycles. The van der Waals surface area contributed by atoms with Crippen LogP contribution in [-0.4, -0.2) is 35.2 Å². The molecule has 0 aromatic heterocycles. The average Bonchev–Trinajstić information content (AvgIpc) is 2.38. The Bertz CT molecular complexity index is 400. The Balaban J connectivity index is 1.79. The summed E-state index contributed by atoms with van der Waals surface area (Å²) in [5.41, 5.74) is 1.02. The molecule has 0 spiro atoms. The van der Waals surface area contributed by atoms with Gasteiger partial charge < -0.3 is 15.3 Å². The summed E-state index contributed by atoms with van der Waals surface area (Å²) in [5.74, 6) is 0. The van der Waals surface area contributed by atoms with E-state index in [1.807, 2.05) is 12.1 Å². The number of halogens is 1. The number of urea groups is 1. The summed E-state index contributed by atoms with van der Waals surface area (Å²) in [5, 5.41) is 12.9. The molecule has 1 aliphatic heterocycles. The van der Waals surface area contributed by atoms with E-state index in [0.717, 1.165) is 5.56 Å². The van der Waals surface area contributed by atoms with Crippen molar-refractivity contribution in [2.24, 2.45) is 0 Å². The van der Waals surface area contributed by atoms with Gasteiger partial charge in [-0.05, 0) is 30.5 Å². The van der Waals surface area contributed by atoms with E-state index in [2.05, 4.69) is 5.32 Å². The quantitative estimate of drug-likeness (QED) is 0.862. The van der Waals surface area contributed by atoms with Crippen molar-refractivity contribution in [3.05, 3.63) is 34.9 Å². The number of nitrogens with one attached hydrogen (secondary N) is 1. The lowest BCUT2D eigenvalue weighted by Gasteiger charge is -2.29. The Morgan fingerprint density at radius 3 is 2.56 bits per heavy atom. The van der Waals surface area contributed by atoms with E-state index in [-0.39, 0.29) is 12.1 Å². The third-order valence-electron chi connectivity index (χ3n) is 3.11. The lowest BCUT2D eigenvalue weighted by Crippen LogP contribution is -2.45. The van der Waals surface area contributed by atoms with Crippen LogP contribution in [0.15, 0.2) is 24.3 Å².